The molecule has 1 fully saturated rings. The minimum atomic E-state index is -1.29. The molecule has 1 heterocycles. The SMILES string of the molecule is C[C@]1(COCc2ccccc2)OC(O)[C@H](O)[C@@H]1OCc1ccccc1. The molecule has 0 radical (unpaired) electrons. The number of hydrogen-bond acceptors (Lipinski definition) is 5. The minimum Gasteiger partial charge on any atom is -0.385 e. The average molecular weight is 344 g/mol. The summed E-state index contributed by atoms with van der Waals surface area (Å²) in [5.74, 6) is 0. The molecule has 0 spiro atoms. The van der Waals surface area contributed by atoms with Crippen molar-refractivity contribution in [2.45, 2.75) is 44.2 Å². The molecular formula is C20H24O5. The second-order valence-corrected chi connectivity index (χ2v) is 6.51. The molecule has 2 N–H and O–H groups in total. The van der Waals surface area contributed by atoms with Gasteiger partial charge in [0.05, 0.1) is 19.8 Å². The van der Waals surface area contributed by atoms with Crippen LogP contribution in [0.25, 0.3) is 0 Å². The Hall–Kier alpha value is -1.76. The maximum atomic E-state index is 10.2. The first-order valence-electron chi connectivity index (χ1n) is 8.40. The summed E-state index contributed by atoms with van der Waals surface area (Å²) in [5, 5.41) is 20.1. The van der Waals surface area contributed by atoms with Gasteiger partial charge in [0.15, 0.2) is 6.29 Å². The maximum absolute atomic E-state index is 10.2. The zero-order valence-electron chi connectivity index (χ0n) is 14.2. The second kappa shape index (κ2) is 8.08. The lowest BCUT2D eigenvalue weighted by Gasteiger charge is -2.30. The highest BCUT2D eigenvalue weighted by Crippen LogP contribution is 2.33. The van der Waals surface area contributed by atoms with Gasteiger partial charge in [-0.15, -0.1) is 0 Å². The smallest absolute Gasteiger partial charge is 0.184 e. The highest BCUT2D eigenvalue weighted by atomic mass is 16.7. The van der Waals surface area contributed by atoms with Crippen LogP contribution in [0.1, 0.15) is 18.1 Å². The molecular weight excluding hydrogens is 320 g/mol. The summed E-state index contributed by atoms with van der Waals surface area (Å²) in [6, 6.07) is 19.5. The van der Waals surface area contributed by atoms with Gasteiger partial charge >= 0.3 is 0 Å². The Kier molecular flexibility index (Phi) is 5.83. The van der Waals surface area contributed by atoms with E-state index in [0.717, 1.165) is 11.1 Å². The molecule has 4 atom stereocenters. The van der Waals surface area contributed by atoms with Gasteiger partial charge in [-0.3, -0.25) is 0 Å². The Morgan fingerprint density at radius 3 is 2.08 bits per heavy atom. The van der Waals surface area contributed by atoms with Gasteiger partial charge < -0.3 is 24.4 Å². The van der Waals surface area contributed by atoms with Crippen LogP contribution in [-0.4, -0.2) is 40.9 Å². The van der Waals surface area contributed by atoms with E-state index in [0.29, 0.717) is 13.2 Å². The molecule has 0 aromatic heterocycles. The van der Waals surface area contributed by atoms with Gasteiger partial charge in [-0.05, 0) is 18.1 Å². The molecule has 1 saturated heterocycles. The van der Waals surface area contributed by atoms with Gasteiger partial charge in [0, 0.05) is 0 Å². The third-order valence-corrected chi connectivity index (χ3v) is 4.37. The monoisotopic (exact) mass is 344 g/mol. The number of hydrogen-bond donors (Lipinski definition) is 2. The standard InChI is InChI=1S/C20H24O5/c1-20(14-23-12-15-8-4-2-5-9-15)18(17(21)19(22)25-20)24-13-16-10-6-3-7-11-16/h2-11,17-19,21-22H,12-14H2,1H3/t17-,18+,19?,20-/m1/s1. The molecule has 1 aliphatic rings. The fourth-order valence-electron chi connectivity index (χ4n) is 3.02. The van der Waals surface area contributed by atoms with Crippen molar-refractivity contribution >= 4 is 0 Å². The molecule has 5 heteroatoms. The first kappa shape index (κ1) is 18.0. The van der Waals surface area contributed by atoms with Crippen LogP contribution < -0.4 is 0 Å². The molecule has 0 saturated carbocycles. The summed E-state index contributed by atoms with van der Waals surface area (Å²) >= 11 is 0. The number of aliphatic hydroxyl groups is 2. The van der Waals surface area contributed by atoms with Crippen LogP contribution in [0.15, 0.2) is 60.7 Å². The third-order valence-electron chi connectivity index (χ3n) is 4.37. The molecule has 0 bridgehead atoms. The van der Waals surface area contributed by atoms with E-state index >= 15 is 0 Å². The van der Waals surface area contributed by atoms with E-state index in [1.54, 1.807) is 6.92 Å². The van der Waals surface area contributed by atoms with E-state index in [2.05, 4.69) is 0 Å². The van der Waals surface area contributed by atoms with Crippen molar-refractivity contribution in [3.63, 3.8) is 0 Å². The third kappa shape index (κ3) is 4.45. The van der Waals surface area contributed by atoms with Crippen LogP contribution in [0.5, 0.6) is 0 Å². The Labute approximate surface area is 147 Å². The Balaban J connectivity index is 1.60. The fraction of sp³-hybridized carbons (Fsp3) is 0.400. The first-order valence-corrected chi connectivity index (χ1v) is 8.40. The maximum Gasteiger partial charge on any atom is 0.184 e. The normalized spacial score (nSPS) is 29.0. The average Bonchev–Trinajstić information content (AvgIpc) is 2.84. The quantitative estimate of drug-likeness (QED) is 0.806. The summed E-state index contributed by atoms with van der Waals surface area (Å²) < 4.78 is 17.2. The van der Waals surface area contributed by atoms with Crippen LogP contribution in [0.2, 0.25) is 0 Å². The van der Waals surface area contributed by atoms with Gasteiger partial charge in [0.2, 0.25) is 0 Å². The Bertz CT molecular complexity index is 648. The largest absolute Gasteiger partial charge is 0.385 e. The van der Waals surface area contributed by atoms with E-state index in [1.807, 2.05) is 60.7 Å². The Morgan fingerprint density at radius 2 is 1.48 bits per heavy atom. The molecule has 134 valence electrons. The lowest BCUT2D eigenvalue weighted by Crippen LogP contribution is -2.46. The van der Waals surface area contributed by atoms with Crippen molar-refractivity contribution in [2.24, 2.45) is 0 Å². The molecule has 5 nitrogen and oxygen atoms in total. The summed E-state index contributed by atoms with van der Waals surface area (Å²) in [7, 11) is 0. The topological polar surface area (TPSA) is 68.2 Å². The lowest BCUT2D eigenvalue weighted by atomic mass is 9.98. The van der Waals surface area contributed by atoms with Crippen molar-refractivity contribution in [1.29, 1.82) is 0 Å². The van der Waals surface area contributed by atoms with Crippen LogP contribution >= 0.6 is 0 Å². The molecule has 3 rings (SSSR count). The predicted molar refractivity (Wildman–Crippen MR) is 92.6 cm³/mol. The van der Waals surface area contributed by atoms with Crippen LogP contribution in [-0.2, 0) is 27.4 Å². The second-order valence-electron chi connectivity index (χ2n) is 6.51. The minimum absolute atomic E-state index is 0.204. The van der Waals surface area contributed by atoms with E-state index in [9.17, 15) is 10.2 Å². The zero-order chi connectivity index (χ0) is 17.7. The predicted octanol–water partition coefficient (Wildman–Crippen LogP) is 2.26. The van der Waals surface area contributed by atoms with Crippen LogP contribution in [0.4, 0.5) is 0 Å². The van der Waals surface area contributed by atoms with Gasteiger partial charge in [0.25, 0.3) is 0 Å². The molecule has 2 aromatic carbocycles. The highest BCUT2D eigenvalue weighted by molar-refractivity contribution is 5.14. The molecule has 1 aliphatic heterocycles. The van der Waals surface area contributed by atoms with E-state index in [-0.39, 0.29) is 6.61 Å². The number of ether oxygens (including phenoxy) is 3. The Morgan fingerprint density at radius 1 is 0.920 bits per heavy atom. The van der Waals surface area contributed by atoms with Gasteiger partial charge in [-0.25, -0.2) is 0 Å². The van der Waals surface area contributed by atoms with Gasteiger partial charge in [0.1, 0.15) is 17.8 Å². The summed E-state index contributed by atoms with van der Waals surface area (Å²) in [5.41, 5.74) is 1.11. The zero-order valence-corrected chi connectivity index (χ0v) is 14.2. The van der Waals surface area contributed by atoms with Crippen molar-refractivity contribution in [3.8, 4) is 0 Å². The van der Waals surface area contributed by atoms with Crippen molar-refractivity contribution < 1.29 is 24.4 Å². The van der Waals surface area contributed by atoms with Crippen molar-refractivity contribution in [3.05, 3.63) is 71.8 Å². The fourth-order valence-corrected chi connectivity index (χ4v) is 3.02. The number of rotatable bonds is 7. The number of benzene rings is 2. The summed E-state index contributed by atoms with van der Waals surface area (Å²) in [6.07, 6.45) is -3.08. The molecule has 0 amide bonds. The summed E-state index contributed by atoms with van der Waals surface area (Å²) in [4.78, 5) is 0. The summed E-state index contributed by atoms with van der Waals surface area (Å²) in [6.45, 7) is 2.74. The lowest BCUT2D eigenvalue weighted by molar-refractivity contribution is -0.178. The van der Waals surface area contributed by atoms with Gasteiger partial charge in [-0.1, -0.05) is 60.7 Å². The molecule has 2 aromatic rings. The number of aliphatic hydroxyl groups excluding tert-OH is 2. The van der Waals surface area contributed by atoms with Crippen LogP contribution in [0.3, 0.4) is 0 Å². The van der Waals surface area contributed by atoms with E-state index in [1.165, 1.54) is 0 Å². The van der Waals surface area contributed by atoms with E-state index < -0.39 is 24.1 Å². The van der Waals surface area contributed by atoms with E-state index in [4.69, 9.17) is 14.2 Å². The molecule has 1 unspecified atom stereocenters. The van der Waals surface area contributed by atoms with Crippen molar-refractivity contribution in [2.75, 3.05) is 6.61 Å². The molecule has 25 heavy (non-hydrogen) atoms. The van der Waals surface area contributed by atoms with Crippen molar-refractivity contribution in [1.82, 2.24) is 0 Å². The van der Waals surface area contributed by atoms with Crippen LogP contribution in [0, 0.1) is 0 Å². The highest BCUT2D eigenvalue weighted by Gasteiger charge is 2.52. The molecule has 0 aliphatic carbocycles. The first-order chi connectivity index (χ1) is 12.1. The van der Waals surface area contributed by atoms with Gasteiger partial charge in [-0.2, -0.15) is 0 Å².